The Labute approximate surface area is 185 Å². The molecule has 27 heavy (non-hydrogen) atoms. The normalized spacial score (nSPS) is 11.3. The van der Waals surface area contributed by atoms with Crippen LogP contribution in [0.5, 0.6) is 11.5 Å². The van der Waals surface area contributed by atoms with Crippen LogP contribution < -0.4 is 10.2 Å². The number of furan rings is 1. The number of rotatable bonds is 5. The molecule has 0 aliphatic carbocycles. The van der Waals surface area contributed by atoms with Gasteiger partial charge in [-0.25, -0.2) is 5.43 Å². The quantitative estimate of drug-likeness (QED) is 0.230. The molecule has 1 amide bonds. The van der Waals surface area contributed by atoms with Crippen LogP contribution in [0.3, 0.4) is 0 Å². The lowest BCUT2D eigenvalue weighted by atomic mass is 10.2. The maximum absolute atomic E-state index is 12.3. The number of nitrogens with one attached hydrogen (secondary N) is 1. The average molecular weight is 608 g/mol. The third-order valence-electron chi connectivity index (χ3n) is 3.49. The van der Waals surface area contributed by atoms with E-state index >= 15 is 0 Å². The number of benzene rings is 2. The van der Waals surface area contributed by atoms with Gasteiger partial charge in [-0.3, -0.25) is 4.79 Å². The van der Waals surface area contributed by atoms with Gasteiger partial charge in [-0.05, 0) is 81.3 Å². The molecule has 0 spiro atoms. The van der Waals surface area contributed by atoms with E-state index in [-0.39, 0.29) is 11.5 Å². The maximum atomic E-state index is 12.3. The second-order valence-corrected chi connectivity index (χ2v) is 8.33. The van der Waals surface area contributed by atoms with Crippen molar-refractivity contribution in [1.82, 2.24) is 5.43 Å². The third kappa shape index (κ3) is 4.64. The second-order valence-electron chi connectivity index (χ2n) is 5.40. The standard InChI is InChI=1S/C18H13Br2IN2O4/c1-2-26-14-4-9(3-12(20)16(14)24)8-22-23-18(25)15-6-10-5-11(19)7-13(21)17(10)27-15/h3-8,24H,2H2,1H3,(H,23,25)/b22-8-. The topological polar surface area (TPSA) is 84.1 Å². The lowest BCUT2D eigenvalue weighted by Crippen LogP contribution is -2.16. The van der Waals surface area contributed by atoms with E-state index in [0.717, 1.165) is 13.4 Å². The molecule has 0 unspecified atom stereocenters. The van der Waals surface area contributed by atoms with E-state index in [1.807, 2.05) is 19.1 Å². The van der Waals surface area contributed by atoms with Gasteiger partial charge in [0.1, 0.15) is 5.58 Å². The Balaban J connectivity index is 1.77. The van der Waals surface area contributed by atoms with Crippen LogP contribution in [0.15, 0.2) is 48.8 Å². The van der Waals surface area contributed by atoms with Crippen LogP contribution in [0.4, 0.5) is 0 Å². The molecule has 0 atom stereocenters. The fraction of sp³-hybridized carbons (Fsp3) is 0.111. The monoisotopic (exact) mass is 606 g/mol. The van der Waals surface area contributed by atoms with Crippen molar-refractivity contribution in [2.45, 2.75) is 6.92 Å². The molecular weight excluding hydrogens is 595 g/mol. The van der Waals surface area contributed by atoms with Crippen molar-refractivity contribution in [3.05, 3.63) is 54.2 Å². The molecule has 2 N–H and O–H groups in total. The number of nitrogens with zero attached hydrogens (tertiary/aromatic N) is 1. The van der Waals surface area contributed by atoms with E-state index in [9.17, 15) is 9.90 Å². The lowest BCUT2D eigenvalue weighted by Gasteiger charge is -2.08. The van der Waals surface area contributed by atoms with Crippen molar-refractivity contribution >= 4 is 77.5 Å². The van der Waals surface area contributed by atoms with Crippen molar-refractivity contribution < 1.29 is 19.1 Å². The molecule has 0 aliphatic rings. The van der Waals surface area contributed by atoms with Crippen molar-refractivity contribution in [3.8, 4) is 11.5 Å². The summed E-state index contributed by atoms with van der Waals surface area (Å²) in [6.45, 7) is 2.24. The van der Waals surface area contributed by atoms with Gasteiger partial charge in [0.15, 0.2) is 17.3 Å². The SMILES string of the molecule is CCOc1cc(/C=N\NC(=O)c2cc3cc(Br)cc(I)c3o2)cc(Br)c1O. The van der Waals surface area contributed by atoms with E-state index < -0.39 is 5.91 Å². The first-order chi connectivity index (χ1) is 12.9. The van der Waals surface area contributed by atoms with E-state index in [1.54, 1.807) is 18.2 Å². The Morgan fingerprint density at radius 1 is 1.33 bits per heavy atom. The number of halogens is 3. The van der Waals surface area contributed by atoms with Crippen molar-refractivity contribution in [1.29, 1.82) is 0 Å². The summed E-state index contributed by atoms with van der Waals surface area (Å²) in [5.74, 6) is 0.0514. The van der Waals surface area contributed by atoms with Crippen molar-refractivity contribution in [2.24, 2.45) is 5.10 Å². The predicted octanol–water partition coefficient (Wildman–Crippen LogP) is 5.43. The van der Waals surface area contributed by atoms with Crippen LogP contribution in [-0.4, -0.2) is 23.8 Å². The largest absolute Gasteiger partial charge is 0.503 e. The molecule has 0 saturated heterocycles. The molecule has 6 nitrogen and oxygen atoms in total. The van der Waals surface area contributed by atoms with E-state index in [0.29, 0.717) is 28.0 Å². The van der Waals surface area contributed by atoms with E-state index in [1.165, 1.54) is 6.21 Å². The summed E-state index contributed by atoms with van der Waals surface area (Å²) in [4.78, 5) is 12.3. The summed E-state index contributed by atoms with van der Waals surface area (Å²) in [5.41, 5.74) is 3.73. The number of ether oxygens (including phenoxy) is 1. The molecule has 0 saturated carbocycles. The smallest absolute Gasteiger partial charge is 0.307 e. The molecular formula is C18H13Br2IN2O4. The number of hydrazone groups is 1. The number of hydrogen-bond donors (Lipinski definition) is 2. The number of carbonyl (C=O) groups is 1. The Kier molecular flexibility index (Phi) is 6.43. The van der Waals surface area contributed by atoms with Gasteiger partial charge >= 0.3 is 5.91 Å². The highest BCUT2D eigenvalue weighted by Crippen LogP contribution is 2.35. The highest BCUT2D eigenvalue weighted by atomic mass is 127. The Hall–Kier alpha value is -1.59. The molecule has 0 fully saturated rings. The van der Waals surface area contributed by atoms with Gasteiger partial charge in [-0.1, -0.05) is 15.9 Å². The van der Waals surface area contributed by atoms with Crippen molar-refractivity contribution in [2.75, 3.05) is 6.61 Å². The number of hydrogen-bond acceptors (Lipinski definition) is 5. The van der Waals surface area contributed by atoms with Crippen LogP contribution in [0.25, 0.3) is 11.0 Å². The minimum absolute atomic E-state index is 0.0149. The first kappa shape index (κ1) is 20.2. The van der Waals surface area contributed by atoms with Crippen LogP contribution in [0.1, 0.15) is 23.0 Å². The first-order valence-corrected chi connectivity index (χ1v) is 10.4. The van der Waals surface area contributed by atoms with E-state index in [4.69, 9.17) is 9.15 Å². The Morgan fingerprint density at radius 2 is 2.11 bits per heavy atom. The fourth-order valence-electron chi connectivity index (χ4n) is 2.34. The highest BCUT2D eigenvalue weighted by Gasteiger charge is 2.14. The number of phenolic OH excluding ortho intramolecular Hbond substituents is 1. The maximum Gasteiger partial charge on any atom is 0.307 e. The van der Waals surface area contributed by atoms with Gasteiger partial charge < -0.3 is 14.3 Å². The van der Waals surface area contributed by atoms with Gasteiger partial charge in [0.05, 0.1) is 20.9 Å². The molecule has 9 heteroatoms. The molecule has 2 aromatic carbocycles. The minimum Gasteiger partial charge on any atom is -0.503 e. The molecule has 140 valence electrons. The summed E-state index contributed by atoms with van der Waals surface area (Å²) >= 11 is 8.83. The molecule has 0 radical (unpaired) electrons. The van der Waals surface area contributed by atoms with Crippen LogP contribution >= 0.6 is 54.5 Å². The second kappa shape index (κ2) is 8.61. The third-order valence-corrected chi connectivity index (χ3v) is 5.35. The predicted molar refractivity (Wildman–Crippen MR) is 119 cm³/mol. The minimum atomic E-state index is -0.461. The van der Waals surface area contributed by atoms with Crippen LogP contribution in [0, 0.1) is 3.57 Å². The lowest BCUT2D eigenvalue weighted by molar-refractivity contribution is 0.0929. The Morgan fingerprint density at radius 3 is 2.85 bits per heavy atom. The average Bonchev–Trinajstić information content (AvgIpc) is 3.04. The molecule has 3 rings (SSSR count). The molecule has 1 heterocycles. The van der Waals surface area contributed by atoms with Gasteiger partial charge in [0, 0.05) is 9.86 Å². The van der Waals surface area contributed by atoms with Crippen LogP contribution in [-0.2, 0) is 0 Å². The Bertz CT molecular complexity index is 1050. The number of amides is 1. The zero-order valence-corrected chi connectivity index (χ0v) is 19.3. The molecule has 3 aromatic rings. The number of aromatic hydroxyl groups is 1. The first-order valence-electron chi connectivity index (χ1n) is 7.76. The number of phenols is 1. The zero-order chi connectivity index (χ0) is 19.6. The number of carbonyl (C=O) groups excluding carboxylic acids is 1. The summed E-state index contributed by atoms with van der Waals surface area (Å²) < 4.78 is 13.3. The fourth-order valence-corrected chi connectivity index (χ4v) is 4.46. The highest BCUT2D eigenvalue weighted by molar-refractivity contribution is 14.1. The van der Waals surface area contributed by atoms with Gasteiger partial charge in [-0.15, -0.1) is 0 Å². The van der Waals surface area contributed by atoms with Gasteiger partial charge in [0.2, 0.25) is 0 Å². The van der Waals surface area contributed by atoms with Gasteiger partial charge in [-0.2, -0.15) is 5.10 Å². The summed E-state index contributed by atoms with van der Waals surface area (Å²) in [6, 6.07) is 8.74. The van der Waals surface area contributed by atoms with Gasteiger partial charge in [0.25, 0.3) is 0 Å². The summed E-state index contributed by atoms with van der Waals surface area (Å²) in [7, 11) is 0. The van der Waals surface area contributed by atoms with E-state index in [2.05, 4.69) is 65.0 Å². The zero-order valence-electron chi connectivity index (χ0n) is 13.9. The van der Waals surface area contributed by atoms with Crippen LogP contribution in [0.2, 0.25) is 0 Å². The number of fused-ring (bicyclic) bond motifs is 1. The summed E-state index contributed by atoms with van der Waals surface area (Å²) in [6.07, 6.45) is 1.45. The molecule has 0 aliphatic heterocycles. The molecule has 1 aromatic heterocycles. The van der Waals surface area contributed by atoms with Crippen molar-refractivity contribution in [3.63, 3.8) is 0 Å². The molecule has 0 bridgehead atoms. The summed E-state index contributed by atoms with van der Waals surface area (Å²) in [5, 5.41) is 14.7.